The average molecular weight is 909 g/mol. The van der Waals surface area contributed by atoms with Gasteiger partial charge >= 0.3 is 17.6 Å². The topological polar surface area (TPSA) is 81.2 Å². The zero-order valence-corrected chi connectivity index (χ0v) is 39.6. The second-order valence-corrected chi connectivity index (χ2v) is 27.7. The molecule has 0 saturated carbocycles. The normalized spacial score (nSPS) is 22.7. The van der Waals surface area contributed by atoms with Crippen LogP contribution in [0.1, 0.15) is 51.6 Å². The summed E-state index contributed by atoms with van der Waals surface area (Å²) in [6.07, 6.45) is 17.4. The third-order valence-electron chi connectivity index (χ3n) is 9.07. The second-order valence-electron chi connectivity index (χ2n) is 12.1. The van der Waals surface area contributed by atoms with E-state index in [1.807, 2.05) is 53.7 Å². The Morgan fingerprint density at radius 2 is 0.891 bits per heavy atom. The van der Waals surface area contributed by atoms with Crippen molar-refractivity contribution in [3.63, 3.8) is 0 Å². The van der Waals surface area contributed by atoms with Crippen LogP contribution in [0.3, 0.4) is 0 Å². The lowest BCUT2D eigenvalue weighted by Crippen LogP contribution is -2.66. The fourth-order valence-electron chi connectivity index (χ4n) is 6.99. The summed E-state index contributed by atoms with van der Waals surface area (Å²) in [7, 11) is 1.96. The van der Waals surface area contributed by atoms with Crippen molar-refractivity contribution in [2.75, 3.05) is 39.6 Å². The van der Waals surface area contributed by atoms with E-state index >= 15 is 0 Å². The number of hydrogen-bond acceptors (Lipinski definition) is 15. The van der Waals surface area contributed by atoms with E-state index < -0.39 is 27.7 Å². The van der Waals surface area contributed by atoms with Crippen molar-refractivity contribution in [1.82, 2.24) is 9.97 Å². The molecule has 2 aliphatic carbocycles. The van der Waals surface area contributed by atoms with E-state index in [-0.39, 0.29) is 10.5 Å². The molecular formula is C38H48N2O6S7Si2. The highest BCUT2D eigenvalue weighted by atomic mass is 33.8. The molecule has 0 saturated heterocycles. The molecule has 17 heteroatoms. The van der Waals surface area contributed by atoms with Gasteiger partial charge in [0, 0.05) is 39.6 Å². The summed E-state index contributed by atoms with van der Waals surface area (Å²) in [5, 5.41) is 0.271. The van der Waals surface area contributed by atoms with Crippen LogP contribution in [-0.2, 0) is 36.6 Å². The molecule has 0 amide bonds. The zero-order valence-electron chi connectivity index (χ0n) is 31.8. The second kappa shape index (κ2) is 20.4. The molecule has 0 aliphatic heterocycles. The van der Waals surface area contributed by atoms with Crippen LogP contribution in [0.25, 0.3) is 20.4 Å². The predicted molar refractivity (Wildman–Crippen MR) is 246 cm³/mol. The van der Waals surface area contributed by atoms with E-state index in [2.05, 4.69) is 85.0 Å². The molecule has 8 nitrogen and oxygen atoms in total. The fraction of sp³-hybridized carbons (Fsp3) is 0.421. The summed E-state index contributed by atoms with van der Waals surface area (Å²) in [5.41, 5.74) is 1.93. The van der Waals surface area contributed by atoms with Crippen LogP contribution in [0, 0.1) is 0 Å². The number of fused-ring (bicyclic) bond motifs is 2. The Kier molecular flexibility index (Phi) is 16.2. The van der Waals surface area contributed by atoms with Crippen LogP contribution >= 0.6 is 73.7 Å². The van der Waals surface area contributed by atoms with Crippen LogP contribution in [-0.4, -0.2) is 77.7 Å². The molecule has 4 unspecified atom stereocenters. The van der Waals surface area contributed by atoms with Gasteiger partial charge in [0.05, 0.1) is 30.9 Å². The molecule has 2 aromatic carbocycles. The maximum Gasteiger partial charge on any atom is 0.520 e. The monoisotopic (exact) mass is 908 g/mol. The zero-order chi connectivity index (χ0) is 38.8. The molecule has 55 heavy (non-hydrogen) atoms. The van der Waals surface area contributed by atoms with E-state index in [1.165, 1.54) is 0 Å². The Labute approximate surface area is 354 Å². The quantitative estimate of drug-likeness (QED) is 0.0427. The van der Waals surface area contributed by atoms with Gasteiger partial charge in [0.1, 0.15) is 20.1 Å². The number of rotatable bonds is 22. The Bertz CT molecular complexity index is 1740. The number of thiazole rings is 2. The SMILES string of the molecule is CCO[Si](OCC)(OCC)C1(c2nc3ccccc3s2)C=CC=CC1SSSSSC1C=CC=CC1(c1nc2ccccc2s1)[Si](OCC)(OCC)OCC. The third kappa shape index (κ3) is 8.59. The van der Waals surface area contributed by atoms with E-state index in [1.54, 1.807) is 73.7 Å². The first-order valence-electron chi connectivity index (χ1n) is 18.5. The molecule has 4 aromatic rings. The molecule has 2 aromatic heterocycles. The van der Waals surface area contributed by atoms with Crippen molar-refractivity contribution in [3.05, 3.63) is 107 Å². The molecule has 2 aliphatic rings. The van der Waals surface area contributed by atoms with E-state index in [0.717, 1.165) is 30.4 Å². The molecule has 0 N–H and O–H groups in total. The first kappa shape index (κ1) is 43.7. The molecular weight excluding hydrogens is 861 g/mol. The fourth-order valence-corrected chi connectivity index (χ4v) is 28.2. The van der Waals surface area contributed by atoms with Gasteiger partial charge in [-0.3, -0.25) is 0 Å². The molecule has 0 radical (unpaired) electrons. The summed E-state index contributed by atoms with van der Waals surface area (Å²) in [5.74, 6) is 0. The van der Waals surface area contributed by atoms with Gasteiger partial charge in [0.25, 0.3) is 0 Å². The van der Waals surface area contributed by atoms with Gasteiger partial charge in [-0.05, 0) is 95.3 Å². The van der Waals surface area contributed by atoms with Crippen LogP contribution in [0.5, 0.6) is 0 Å². The summed E-state index contributed by atoms with van der Waals surface area (Å²) in [6, 6.07) is 16.6. The van der Waals surface area contributed by atoms with Crippen molar-refractivity contribution >= 4 is 112 Å². The molecule has 0 spiro atoms. The van der Waals surface area contributed by atoms with Crippen molar-refractivity contribution in [1.29, 1.82) is 0 Å². The van der Waals surface area contributed by atoms with Gasteiger partial charge in [0.2, 0.25) is 0 Å². The molecule has 0 bridgehead atoms. The van der Waals surface area contributed by atoms with Crippen molar-refractivity contribution in [2.45, 2.75) is 62.1 Å². The Morgan fingerprint density at radius 1 is 0.527 bits per heavy atom. The molecule has 4 atom stereocenters. The van der Waals surface area contributed by atoms with Crippen molar-refractivity contribution < 1.29 is 26.6 Å². The summed E-state index contributed by atoms with van der Waals surface area (Å²) >= 11 is 3.39. The van der Waals surface area contributed by atoms with E-state index in [0.29, 0.717) is 39.6 Å². The van der Waals surface area contributed by atoms with Crippen LogP contribution in [0.4, 0.5) is 0 Å². The molecule has 2 heterocycles. The lowest BCUT2D eigenvalue weighted by molar-refractivity contribution is 0.0512. The number of aromatic nitrogens is 2. The highest BCUT2D eigenvalue weighted by molar-refractivity contribution is 9.35. The highest BCUT2D eigenvalue weighted by Gasteiger charge is 2.68. The van der Waals surface area contributed by atoms with Crippen LogP contribution in [0.2, 0.25) is 0 Å². The largest absolute Gasteiger partial charge is 0.520 e. The van der Waals surface area contributed by atoms with Gasteiger partial charge in [-0.1, -0.05) is 94.5 Å². The number of allylic oxidation sites excluding steroid dienone is 6. The predicted octanol–water partition coefficient (Wildman–Crippen LogP) is 11.6. The van der Waals surface area contributed by atoms with Gasteiger partial charge in [0.15, 0.2) is 0 Å². The summed E-state index contributed by atoms with van der Waals surface area (Å²) in [6.45, 7) is 14.9. The van der Waals surface area contributed by atoms with E-state index in [9.17, 15) is 0 Å². The number of hydrogen-bond donors (Lipinski definition) is 0. The maximum atomic E-state index is 6.71. The molecule has 0 fully saturated rings. The Hall–Kier alpha value is -0.876. The summed E-state index contributed by atoms with van der Waals surface area (Å²) < 4.78 is 42.5. The van der Waals surface area contributed by atoms with Gasteiger partial charge in [-0.25, -0.2) is 9.97 Å². The number of benzene rings is 2. The smallest absolute Gasteiger partial charge is 0.373 e. The molecule has 296 valence electrons. The standard InChI is InChI=1S/C38H48N2O6S7Si2/c1-7-41-54(42-8-2,43-9-3)37(35-39-29-21-13-15-23-31(29)47-35)27-19-17-25-33(37)49-51-53-52-50-34-26-18-20-28-38(34,55(44-10-4,45-11-5)46-12-6)36-40-30-22-14-16-24-32(30)48-36/h13-28,33-34H,7-12H2,1-6H3. The number of para-hydroxylation sites is 2. The minimum atomic E-state index is -3.43. The Balaban J connectivity index is 1.30. The lowest BCUT2D eigenvalue weighted by Gasteiger charge is -2.46. The minimum Gasteiger partial charge on any atom is -0.373 e. The minimum absolute atomic E-state index is 0.0780. The van der Waals surface area contributed by atoms with Gasteiger partial charge in [-0.15, -0.1) is 22.7 Å². The average Bonchev–Trinajstić information content (AvgIpc) is 3.84. The Morgan fingerprint density at radius 3 is 1.24 bits per heavy atom. The first-order chi connectivity index (χ1) is 26.9. The van der Waals surface area contributed by atoms with Crippen molar-refractivity contribution in [3.8, 4) is 0 Å². The van der Waals surface area contributed by atoms with Crippen LogP contribution < -0.4 is 0 Å². The van der Waals surface area contributed by atoms with Crippen LogP contribution in [0.15, 0.2) is 97.1 Å². The lowest BCUT2D eigenvalue weighted by atomic mass is 9.99. The molecule has 6 rings (SSSR count). The van der Waals surface area contributed by atoms with Gasteiger partial charge < -0.3 is 26.6 Å². The van der Waals surface area contributed by atoms with Gasteiger partial charge in [-0.2, -0.15) is 0 Å². The highest BCUT2D eigenvalue weighted by Crippen LogP contribution is 2.60. The third-order valence-corrected chi connectivity index (χ3v) is 28.9. The maximum absolute atomic E-state index is 6.71. The van der Waals surface area contributed by atoms with Crippen molar-refractivity contribution in [2.24, 2.45) is 0 Å². The summed E-state index contributed by atoms with van der Waals surface area (Å²) in [4.78, 5) is 10.5. The van der Waals surface area contributed by atoms with E-state index in [4.69, 9.17) is 36.5 Å². The first-order valence-corrected chi connectivity index (χ1v) is 29.9. The number of nitrogens with zero attached hydrogens (tertiary/aromatic N) is 2.